The van der Waals surface area contributed by atoms with Crippen LogP contribution in [-0.2, 0) is 11.4 Å². The van der Waals surface area contributed by atoms with Gasteiger partial charge in [-0.05, 0) is 35.6 Å². The first-order chi connectivity index (χ1) is 16.6. The van der Waals surface area contributed by atoms with Gasteiger partial charge >= 0.3 is 0 Å². The van der Waals surface area contributed by atoms with Crippen molar-refractivity contribution in [3.8, 4) is 22.1 Å². The summed E-state index contributed by atoms with van der Waals surface area (Å²) in [5, 5.41) is 14.1. The minimum absolute atomic E-state index is 0.173. The summed E-state index contributed by atoms with van der Waals surface area (Å²) in [5.41, 5.74) is 2.10. The van der Waals surface area contributed by atoms with Gasteiger partial charge in [0.15, 0.2) is 0 Å². The number of hydrogen-bond donors (Lipinski definition) is 2. The van der Waals surface area contributed by atoms with Crippen LogP contribution >= 0.6 is 22.9 Å². The van der Waals surface area contributed by atoms with Crippen LogP contribution in [0.2, 0.25) is 5.02 Å². The molecular formula is C22H17ClN6O4S. The lowest BCUT2D eigenvalue weighted by Crippen LogP contribution is -2.14. The van der Waals surface area contributed by atoms with Crippen molar-refractivity contribution in [1.29, 1.82) is 0 Å². The molecule has 10 nitrogen and oxygen atoms in total. The second-order valence-electron chi connectivity index (χ2n) is 6.66. The number of benzene rings is 1. The minimum Gasteiger partial charge on any atom is -0.496 e. The summed E-state index contributed by atoms with van der Waals surface area (Å²) in [5.74, 6) is 0.380. The van der Waals surface area contributed by atoms with Gasteiger partial charge in [0.05, 0.1) is 23.4 Å². The Morgan fingerprint density at radius 3 is 2.74 bits per heavy atom. The molecule has 0 atom stereocenters. The highest BCUT2D eigenvalue weighted by atomic mass is 35.5. The summed E-state index contributed by atoms with van der Waals surface area (Å²) in [7, 11) is 1.53. The predicted molar refractivity (Wildman–Crippen MR) is 127 cm³/mol. The molecule has 2 N–H and O–H groups in total. The molecular weight excluding hydrogens is 480 g/mol. The monoisotopic (exact) mass is 496 g/mol. The first kappa shape index (κ1) is 23.1. The number of methoxy groups -OCH3 is 1. The van der Waals surface area contributed by atoms with Crippen LogP contribution in [0.15, 0.2) is 54.9 Å². The van der Waals surface area contributed by atoms with E-state index < -0.39 is 5.91 Å². The Morgan fingerprint density at radius 1 is 1.12 bits per heavy atom. The Morgan fingerprint density at radius 2 is 1.97 bits per heavy atom. The lowest BCUT2D eigenvalue weighted by Gasteiger charge is -2.13. The van der Waals surface area contributed by atoms with Gasteiger partial charge in [-0.2, -0.15) is 0 Å². The Labute approximate surface area is 203 Å². The molecule has 2 amide bonds. The SMILES string of the molecule is COc1ccccc1-c1cc(NC=O)ncc1C(=O)Nc1nnc(OCc2ccc(Cl)cn2)s1. The average Bonchev–Trinajstić information content (AvgIpc) is 3.31. The molecule has 172 valence electrons. The molecule has 0 aliphatic carbocycles. The van der Waals surface area contributed by atoms with Gasteiger partial charge in [0, 0.05) is 23.5 Å². The maximum absolute atomic E-state index is 13.1. The number of aromatic nitrogens is 4. The second-order valence-corrected chi connectivity index (χ2v) is 8.04. The summed E-state index contributed by atoms with van der Waals surface area (Å²) in [6.07, 6.45) is 3.40. The Kier molecular flexibility index (Phi) is 7.25. The number of carbonyl (C=O) groups is 2. The standard InChI is InChI=1S/C22H17ClN6O4S/c1-32-18-5-3-2-4-15(18)16-8-19(26-12-30)25-10-17(16)20(31)27-21-28-29-22(34-21)33-11-14-7-6-13(23)9-24-14/h2-10,12H,11H2,1H3,(H,25,26,30)(H,27,28,31). The quantitative estimate of drug-likeness (QED) is 0.332. The molecule has 0 radical (unpaired) electrons. The topological polar surface area (TPSA) is 128 Å². The van der Waals surface area contributed by atoms with E-state index in [0.29, 0.717) is 34.0 Å². The van der Waals surface area contributed by atoms with Crippen LogP contribution in [0.1, 0.15) is 16.1 Å². The fraction of sp³-hybridized carbons (Fsp3) is 0.0909. The molecule has 4 rings (SSSR count). The zero-order valence-corrected chi connectivity index (χ0v) is 19.3. The number of nitrogens with zero attached hydrogens (tertiary/aromatic N) is 4. The lowest BCUT2D eigenvalue weighted by molar-refractivity contribution is -0.105. The van der Waals surface area contributed by atoms with Gasteiger partial charge in [-0.15, -0.1) is 5.10 Å². The fourth-order valence-electron chi connectivity index (χ4n) is 2.98. The third kappa shape index (κ3) is 5.45. The van der Waals surface area contributed by atoms with Gasteiger partial charge in [0.2, 0.25) is 11.5 Å². The number of hydrogen-bond acceptors (Lipinski definition) is 9. The molecule has 0 fully saturated rings. The highest BCUT2D eigenvalue weighted by Crippen LogP contribution is 2.34. The maximum Gasteiger partial charge on any atom is 0.296 e. The van der Waals surface area contributed by atoms with Gasteiger partial charge < -0.3 is 14.8 Å². The van der Waals surface area contributed by atoms with E-state index >= 15 is 0 Å². The molecule has 0 bridgehead atoms. The predicted octanol–water partition coefficient (Wildman–Crippen LogP) is 4.06. The number of para-hydroxylation sites is 1. The van der Waals surface area contributed by atoms with Crippen molar-refractivity contribution in [1.82, 2.24) is 20.2 Å². The molecule has 3 heterocycles. The Hall–Kier alpha value is -4.09. The van der Waals surface area contributed by atoms with Crippen molar-refractivity contribution in [3.63, 3.8) is 0 Å². The highest BCUT2D eigenvalue weighted by Gasteiger charge is 2.19. The lowest BCUT2D eigenvalue weighted by atomic mass is 10.00. The van der Waals surface area contributed by atoms with E-state index in [1.165, 1.54) is 19.5 Å². The zero-order chi connectivity index (χ0) is 23.9. The number of anilines is 2. The van der Waals surface area contributed by atoms with E-state index in [-0.39, 0.29) is 28.3 Å². The molecule has 0 aliphatic rings. The Balaban J connectivity index is 1.54. The third-order valence-corrected chi connectivity index (χ3v) is 5.49. The minimum atomic E-state index is -0.465. The number of pyridine rings is 2. The van der Waals surface area contributed by atoms with Gasteiger partial charge in [0.1, 0.15) is 18.2 Å². The molecule has 0 aliphatic heterocycles. The fourth-order valence-corrected chi connectivity index (χ4v) is 3.68. The highest BCUT2D eigenvalue weighted by molar-refractivity contribution is 7.17. The third-order valence-electron chi connectivity index (χ3n) is 4.51. The van der Waals surface area contributed by atoms with Crippen LogP contribution in [0.5, 0.6) is 10.9 Å². The number of nitrogens with one attached hydrogen (secondary N) is 2. The number of rotatable bonds is 9. The van der Waals surface area contributed by atoms with E-state index in [4.69, 9.17) is 21.1 Å². The number of carbonyl (C=O) groups excluding carboxylic acids is 2. The van der Waals surface area contributed by atoms with E-state index in [0.717, 1.165) is 11.3 Å². The molecule has 3 aromatic heterocycles. The maximum atomic E-state index is 13.1. The first-order valence-corrected chi connectivity index (χ1v) is 11.0. The van der Waals surface area contributed by atoms with Crippen molar-refractivity contribution in [2.24, 2.45) is 0 Å². The molecule has 0 saturated carbocycles. The number of ether oxygens (including phenoxy) is 2. The molecule has 4 aromatic rings. The van der Waals surface area contributed by atoms with Crippen LogP contribution in [0.3, 0.4) is 0 Å². The summed E-state index contributed by atoms with van der Waals surface area (Å²) in [6, 6.07) is 12.2. The number of halogens is 1. The van der Waals surface area contributed by atoms with Gasteiger partial charge in [-0.1, -0.05) is 34.9 Å². The summed E-state index contributed by atoms with van der Waals surface area (Å²) >= 11 is 6.89. The van der Waals surface area contributed by atoms with Crippen LogP contribution < -0.4 is 20.1 Å². The van der Waals surface area contributed by atoms with Gasteiger partial charge in [-0.25, -0.2) is 4.98 Å². The Bertz CT molecular complexity index is 1320. The first-order valence-electron chi connectivity index (χ1n) is 9.79. The van der Waals surface area contributed by atoms with E-state index in [1.54, 1.807) is 30.3 Å². The molecule has 0 saturated heterocycles. The largest absolute Gasteiger partial charge is 0.496 e. The van der Waals surface area contributed by atoms with Crippen molar-refractivity contribution >= 4 is 46.2 Å². The average molecular weight is 497 g/mol. The summed E-state index contributed by atoms with van der Waals surface area (Å²) < 4.78 is 11.0. The van der Waals surface area contributed by atoms with E-state index in [2.05, 4.69) is 30.8 Å². The molecule has 12 heteroatoms. The van der Waals surface area contributed by atoms with Crippen LogP contribution in [0.25, 0.3) is 11.1 Å². The molecule has 0 unspecified atom stereocenters. The van der Waals surface area contributed by atoms with Crippen molar-refractivity contribution in [2.75, 3.05) is 17.7 Å². The molecule has 1 aromatic carbocycles. The van der Waals surface area contributed by atoms with Crippen LogP contribution in [-0.4, -0.2) is 39.6 Å². The zero-order valence-electron chi connectivity index (χ0n) is 17.7. The van der Waals surface area contributed by atoms with Crippen molar-refractivity contribution in [2.45, 2.75) is 6.61 Å². The normalized spacial score (nSPS) is 10.4. The summed E-state index contributed by atoms with van der Waals surface area (Å²) in [6.45, 7) is 0.173. The molecule has 0 spiro atoms. The van der Waals surface area contributed by atoms with Crippen LogP contribution in [0.4, 0.5) is 10.9 Å². The van der Waals surface area contributed by atoms with Gasteiger partial charge in [0.25, 0.3) is 11.1 Å². The second kappa shape index (κ2) is 10.7. The van der Waals surface area contributed by atoms with E-state index in [9.17, 15) is 9.59 Å². The van der Waals surface area contributed by atoms with Gasteiger partial charge in [-0.3, -0.25) is 19.9 Å². The molecule has 34 heavy (non-hydrogen) atoms. The summed E-state index contributed by atoms with van der Waals surface area (Å²) in [4.78, 5) is 32.2. The van der Waals surface area contributed by atoms with E-state index in [1.807, 2.05) is 12.1 Å². The van der Waals surface area contributed by atoms with Crippen molar-refractivity contribution in [3.05, 3.63) is 71.1 Å². The van der Waals surface area contributed by atoms with Crippen LogP contribution in [0, 0.1) is 0 Å². The smallest absolute Gasteiger partial charge is 0.296 e. The van der Waals surface area contributed by atoms with Crippen molar-refractivity contribution < 1.29 is 19.1 Å². The number of amides is 2.